The number of hydrogen-bond acceptors (Lipinski definition) is 1. The molecule has 1 atom stereocenters. The number of aryl methyl sites for hydroxylation is 1. The van der Waals surface area contributed by atoms with E-state index in [1.165, 1.54) is 5.56 Å². The van der Waals surface area contributed by atoms with E-state index in [1.807, 2.05) is 0 Å². The van der Waals surface area contributed by atoms with Crippen LogP contribution in [0.2, 0.25) is 4.82 Å². The summed E-state index contributed by atoms with van der Waals surface area (Å²) in [6.45, 7) is 4.11. The summed E-state index contributed by atoms with van der Waals surface area (Å²) in [5.74, 6) is 0.0769. The van der Waals surface area contributed by atoms with Crippen molar-refractivity contribution >= 4 is 25.5 Å². The fourth-order valence-electron chi connectivity index (χ4n) is 1.47. The maximum absolute atomic E-state index is 11.5. The number of benzene rings is 1. The Morgan fingerprint density at radius 3 is 2.53 bits per heavy atom. The van der Waals surface area contributed by atoms with Gasteiger partial charge >= 0.3 is 95.7 Å². The van der Waals surface area contributed by atoms with Crippen LogP contribution in [0.1, 0.15) is 24.5 Å². The minimum absolute atomic E-state index is 0.0769. The molecule has 78 valence electrons. The van der Waals surface area contributed by atoms with Crippen molar-refractivity contribution in [3.05, 3.63) is 35.4 Å². The van der Waals surface area contributed by atoms with E-state index in [9.17, 15) is 4.79 Å². The van der Waals surface area contributed by atoms with Gasteiger partial charge in [-0.2, -0.15) is 0 Å². The number of carbonyl (C=O) groups is 1. The van der Waals surface area contributed by atoms with Crippen LogP contribution >= 0.6 is 0 Å². The van der Waals surface area contributed by atoms with Crippen molar-refractivity contribution in [2.45, 2.75) is 25.1 Å². The van der Waals surface area contributed by atoms with Crippen molar-refractivity contribution in [2.24, 2.45) is 4.99 Å². The van der Waals surface area contributed by atoms with Crippen LogP contribution in [0.5, 0.6) is 0 Å². The van der Waals surface area contributed by atoms with Gasteiger partial charge in [0.15, 0.2) is 0 Å². The molecule has 1 aromatic rings. The second kappa shape index (κ2) is 4.30. The Kier molecular flexibility index (Phi) is 3.03. The second-order valence-corrected chi connectivity index (χ2v) is 6.14. The summed E-state index contributed by atoms with van der Waals surface area (Å²) < 4.78 is 1.01. The van der Waals surface area contributed by atoms with Crippen molar-refractivity contribution in [1.29, 1.82) is 0 Å². The average molecular weight is 266 g/mol. The molecule has 1 amide bonds. The predicted molar refractivity (Wildman–Crippen MR) is 62.5 cm³/mol. The van der Waals surface area contributed by atoms with Crippen LogP contribution in [0.4, 0.5) is 0 Å². The van der Waals surface area contributed by atoms with E-state index in [4.69, 9.17) is 0 Å². The van der Waals surface area contributed by atoms with E-state index in [2.05, 4.69) is 43.1 Å². The summed E-state index contributed by atoms with van der Waals surface area (Å²) in [5, 5.41) is 0. The van der Waals surface area contributed by atoms with E-state index in [1.54, 1.807) is 0 Å². The molecule has 3 heteroatoms. The summed E-state index contributed by atoms with van der Waals surface area (Å²) in [7, 11) is 0. The standard InChI is InChI=1S/C12H13NOSe/c1-3-10-11(14)13-12(15-10)9-6-4-8(2)5-7-9/h4-7,10H,3H2,1-2H3. The van der Waals surface area contributed by atoms with Gasteiger partial charge in [0.1, 0.15) is 0 Å². The van der Waals surface area contributed by atoms with Gasteiger partial charge in [0.2, 0.25) is 0 Å². The molecule has 0 aromatic heterocycles. The predicted octanol–water partition coefficient (Wildman–Crippen LogP) is 2.18. The molecule has 0 saturated heterocycles. The summed E-state index contributed by atoms with van der Waals surface area (Å²) in [4.78, 5) is 15.8. The first-order valence-corrected chi connectivity index (χ1v) is 6.91. The van der Waals surface area contributed by atoms with Crippen molar-refractivity contribution in [3.63, 3.8) is 0 Å². The Morgan fingerprint density at radius 1 is 1.33 bits per heavy atom. The first-order valence-electron chi connectivity index (χ1n) is 5.07. The van der Waals surface area contributed by atoms with Gasteiger partial charge in [-0.25, -0.2) is 0 Å². The molecule has 0 radical (unpaired) electrons. The van der Waals surface area contributed by atoms with E-state index in [-0.39, 0.29) is 25.7 Å². The van der Waals surface area contributed by atoms with Crippen LogP contribution in [0, 0.1) is 6.92 Å². The van der Waals surface area contributed by atoms with Gasteiger partial charge in [-0.05, 0) is 0 Å². The molecule has 1 unspecified atom stereocenters. The maximum atomic E-state index is 11.5. The number of rotatable bonds is 2. The normalized spacial score (nSPS) is 20.5. The van der Waals surface area contributed by atoms with Gasteiger partial charge < -0.3 is 0 Å². The Bertz CT molecular complexity index is 408. The zero-order valence-corrected chi connectivity index (χ0v) is 10.6. The number of amides is 1. The monoisotopic (exact) mass is 267 g/mol. The van der Waals surface area contributed by atoms with Gasteiger partial charge in [0.05, 0.1) is 0 Å². The molecule has 0 bridgehead atoms. The van der Waals surface area contributed by atoms with Crippen LogP contribution in [0.3, 0.4) is 0 Å². The molecule has 1 aliphatic rings. The third-order valence-electron chi connectivity index (χ3n) is 2.41. The fraction of sp³-hybridized carbons (Fsp3) is 0.333. The topological polar surface area (TPSA) is 29.4 Å². The van der Waals surface area contributed by atoms with Gasteiger partial charge in [-0.1, -0.05) is 0 Å². The molecular formula is C12H13NOSe. The molecule has 2 rings (SSSR count). The minimum atomic E-state index is 0.0769. The second-order valence-electron chi connectivity index (χ2n) is 3.64. The number of carbonyl (C=O) groups excluding carboxylic acids is 1. The molecule has 15 heavy (non-hydrogen) atoms. The molecule has 1 aliphatic heterocycles. The summed E-state index contributed by atoms with van der Waals surface area (Å²) >= 11 is 0.223. The van der Waals surface area contributed by atoms with Crippen LogP contribution in [0.25, 0.3) is 0 Å². The Hall–Kier alpha value is -0.921. The fourth-order valence-corrected chi connectivity index (χ4v) is 3.58. The van der Waals surface area contributed by atoms with Crippen molar-refractivity contribution in [2.75, 3.05) is 0 Å². The Morgan fingerprint density at radius 2 is 2.00 bits per heavy atom. The SMILES string of the molecule is CCC1[Se]C(c2ccc(C)cc2)=NC1=O. The molecular weight excluding hydrogens is 253 g/mol. The molecule has 0 N–H and O–H groups in total. The molecule has 0 spiro atoms. The van der Waals surface area contributed by atoms with Gasteiger partial charge in [-0.15, -0.1) is 0 Å². The number of hydrogen-bond donors (Lipinski definition) is 0. The quantitative estimate of drug-likeness (QED) is 0.754. The third kappa shape index (κ3) is 2.19. The van der Waals surface area contributed by atoms with Crippen molar-refractivity contribution in [1.82, 2.24) is 0 Å². The first-order chi connectivity index (χ1) is 7.20. The van der Waals surface area contributed by atoms with Gasteiger partial charge in [0, 0.05) is 0 Å². The average Bonchev–Trinajstić information content (AvgIpc) is 2.61. The van der Waals surface area contributed by atoms with Crippen molar-refractivity contribution < 1.29 is 4.79 Å². The van der Waals surface area contributed by atoms with Crippen LogP contribution in [-0.4, -0.2) is 25.5 Å². The first kappa shape index (κ1) is 10.6. The summed E-state index contributed by atoms with van der Waals surface area (Å²) in [6.07, 6.45) is 0.914. The van der Waals surface area contributed by atoms with Gasteiger partial charge in [0.25, 0.3) is 0 Å². The van der Waals surface area contributed by atoms with E-state index >= 15 is 0 Å². The van der Waals surface area contributed by atoms with Gasteiger partial charge in [-0.3, -0.25) is 0 Å². The number of aliphatic imine (C=N–C) groups is 1. The van der Waals surface area contributed by atoms with Crippen molar-refractivity contribution in [3.8, 4) is 0 Å². The Labute approximate surface area is 96.0 Å². The van der Waals surface area contributed by atoms with E-state index < -0.39 is 0 Å². The van der Waals surface area contributed by atoms with Crippen LogP contribution in [-0.2, 0) is 4.79 Å². The molecule has 2 nitrogen and oxygen atoms in total. The van der Waals surface area contributed by atoms with E-state index in [0.29, 0.717) is 0 Å². The number of nitrogens with zero attached hydrogens (tertiary/aromatic N) is 1. The molecule has 0 aliphatic carbocycles. The van der Waals surface area contributed by atoms with E-state index in [0.717, 1.165) is 16.6 Å². The molecule has 0 fully saturated rings. The summed E-state index contributed by atoms with van der Waals surface area (Å²) in [6, 6.07) is 8.25. The van der Waals surface area contributed by atoms with Crippen LogP contribution < -0.4 is 0 Å². The Balaban J connectivity index is 2.23. The molecule has 1 aromatic carbocycles. The molecule has 0 saturated carbocycles. The summed E-state index contributed by atoms with van der Waals surface area (Å²) in [5.41, 5.74) is 2.35. The third-order valence-corrected chi connectivity index (χ3v) is 5.28. The zero-order valence-electron chi connectivity index (χ0n) is 8.86. The molecule has 1 heterocycles. The van der Waals surface area contributed by atoms with Crippen LogP contribution in [0.15, 0.2) is 29.3 Å². The zero-order chi connectivity index (χ0) is 10.8.